The first-order valence-electron chi connectivity index (χ1n) is 7.28. The summed E-state index contributed by atoms with van der Waals surface area (Å²) in [6, 6.07) is 7.74. The summed E-state index contributed by atoms with van der Waals surface area (Å²) in [5.74, 6) is -0.00222. The van der Waals surface area contributed by atoms with Crippen molar-refractivity contribution in [3.05, 3.63) is 59.0 Å². The summed E-state index contributed by atoms with van der Waals surface area (Å²) in [5.41, 5.74) is 0.844. The van der Waals surface area contributed by atoms with Crippen LogP contribution in [0.1, 0.15) is 19.0 Å². The molecule has 24 heavy (non-hydrogen) atoms. The minimum absolute atomic E-state index is 0.00243. The molecule has 1 unspecified atom stereocenters. The van der Waals surface area contributed by atoms with Crippen LogP contribution in [0.3, 0.4) is 0 Å². The number of ether oxygens (including phenoxy) is 1. The van der Waals surface area contributed by atoms with Crippen molar-refractivity contribution in [3.63, 3.8) is 0 Å². The number of halogens is 3. The molecule has 0 aliphatic rings. The SMILES string of the molecule is C=C(C)C(O)(CCBr)c1ccc(OC)c(-c2ccc(F)c(Cl)c2)n1. The fourth-order valence-corrected chi connectivity index (χ4v) is 3.14. The lowest BCUT2D eigenvalue weighted by molar-refractivity contribution is 0.0695. The van der Waals surface area contributed by atoms with E-state index in [-0.39, 0.29) is 5.02 Å². The molecule has 2 rings (SSSR count). The first kappa shape index (κ1) is 18.9. The molecule has 2 aromatic rings. The van der Waals surface area contributed by atoms with Gasteiger partial charge in [0.25, 0.3) is 0 Å². The van der Waals surface area contributed by atoms with Crippen molar-refractivity contribution in [3.8, 4) is 17.0 Å². The zero-order valence-corrected chi connectivity index (χ0v) is 15.8. The second-order valence-corrected chi connectivity index (χ2v) is 6.66. The molecule has 1 aromatic carbocycles. The zero-order valence-electron chi connectivity index (χ0n) is 13.4. The molecule has 0 aliphatic heterocycles. The minimum atomic E-state index is -1.27. The van der Waals surface area contributed by atoms with E-state index in [4.69, 9.17) is 16.3 Å². The monoisotopic (exact) mass is 413 g/mol. The van der Waals surface area contributed by atoms with Gasteiger partial charge in [0.15, 0.2) is 0 Å². The third-order valence-corrected chi connectivity index (χ3v) is 4.54. The zero-order chi connectivity index (χ0) is 17.9. The molecule has 6 heteroatoms. The second-order valence-electron chi connectivity index (χ2n) is 5.46. The molecule has 0 saturated carbocycles. The minimum Gasteiger partial charge on any atom is -0.494 e. The van der Waals surface area contributed by atoms with Crippen molar-refractivity contribution < 1.29 is 14.2 Å². The molecule has 0 bridgehead atoms. The summed E-state index contributed by atoms with van der Waals surface area (Å²) in [6.45, 7) is 5.63. The molecule has 1 atom stereocenters. The Kier molecular flexibility index (Phi) is 6.01. The molecule has 0 amide bonds. The Morgan fingerprint density at radius 3 is 2.67 bits per heavy atom. The molecule has 0 radical (unpaired) electrons. The fraction of sp³-hybridized carbons (Fsp3) is 0.278. The molecular formula is C18H18BrClFNO2. The summed E-state index contributed by atoms with van der Waals surface area (Å²) in [4.78, 5) is 4.56. The van der Waals surface area contributed by atoms with Gasteiger partial charge < -0.3 is 9.84 Å². The average molecular weight is 415 g/mol. The highest BCUT2D eigenvalue weighted by Crippen LogP contribution is 2.36. The standard InChI is InChI=1S/C18H18BrClFNO2/c1-11(2)18(23,8-9-19)16-7-6-15(24-3)17(22-16)12-4-5-14(21)13(20)10-12/h4-7,10,23H,1,8-9H2,2-3H3. The van der Waals surface area contributed by atoms with Gasteiger partial charge >= 0.3 is 0 Å². The van der Waals surface area contributed by atoms with E-state index in [9.17, 15) is 9.50 Å². The van der Waals surface area contributed by atoms with Gasteiger partial charge in [0.05, 0.1) is 17.8 Å². The molecule has 0 spiro atoms. The number of aliphatic hydroxyl groups is 1. The maximum absolute atomic E-state index is 13.4. The first-order valence-corrected chi connectivity index (χ1v) is 8.78. The predicted molar refractivity (Wildman–Crippen MR) is 98.3 cm³/mol. The normalized spacial score (nSPS) is 13.4. The van der Waals surface area contributed by atoms with Gasteiger partial charge in [-0.2, -0.15) is 0 Å². The lowest BCUT2D eigenvalue weighted by Crippen LogP contribution is -2.28. The van der Waals surface area contributed by atoms with Crippen LogP contribution in [-0.2, 0) is 5.60 Å². The summed E-state index contributed by atoms with van der Waals surface area (Å²) >= 11 is 9.22. The third kappa shape index (κ3) is 3.63. The van der Waals surface area contributed by atoms with Gasteiger partial charge in [-0.05, 0) is 49.2 Å². The highest BCUT2D eigenvalue weighted by molar-refractivity contribution is 9.09. The average Bonchev–Trinajstić information content (AvgIpc) is 2.56. The Bertz CT molecular complexity index is 769. The summed E-state index contributed by atoms with van der Waals surface area (Å²) in [7, 11) is 1.52. The maximum Gasteiger partial charge on any atom is 0.145 e. The quantitative estimate of drug-likeness (QED) is 0.528. The molecular weight excluding hydrogens is 397 g/mol. The summed E-state index contributed by atoms with van der Waals surface area (Å²) < 4.78 is 18.8. The molecule has 0 saturated heterocycles. The Balaban J connectivity index is 2.63. The molecule has 1 aromatic heterocycles. The van der Waals surface area contributed by atoms with Crippen LogP contribution in [0.25, 0.3) is 11.3 Å². The number of methoxy groups -OCH3 is 1. The second kappa shape index (κ2) is 7.64. The lowest BCUT2D eigenvalue weighted by Gasteiger charge is -2.28. The molecule has 1 N–H and O–H groups in total. The fourth-order valence-electron chi connectivity index (χ4n) is 2.39. The highest BCUT2D eigenvalue weighted by Gasteiger charge is 2.32. The van der Waals surface area contributed by atoms with Crippen molar-refractivity contribution in [1.29, 1.82) is 0 Å². The van der Waals surface area contributed by atoms with Crippen LogP contribution in [0, 0.1) is 5.82 Å². The Hall–Kier alpha value is -1.43. The van der Waals surface area contributed by atoms with Crippen LogP contribution >= 0.6 is 27.5 Å². The van der Waals surface area contributed by atoms with Crippen LogP contribution < -0.4 is 4.74 Å². The van der Waals surface area contributed by atoms with E-state index in [1.54, 1.807) is 25.1 Å². The van der Waals surface area contributed by atoms with Gasteiger partial charge in [-0.25, -0.2) is 9.37 Å². The van der Waals surface area contributed by atoms with Crippen molar-refractivity contribution in [1.82, 2.24) is 4.98 Å². The van der Waals surface area contributed by atoms with E-state index < -0.39 is 11.4 Å². The van der Waals surface area contributed by atoms with Crippen LogP contribution in [0.15, 0.2) is 42.5 Å². The maximum atomic E-state index is 13.4. The molecule has 0 fully saturated rings. The summed E-state index contributed by atoms with van der Waals surface area (Å²) in [6.07, 6.45) is 0.422. The van der Waals surface area contributed by atoms with E-state index >= 15 is 0 Å². The largest absolute Gasteiger partial charge is 0.494 e. The molecule has 0 aliphatic carbocycles. The van der Waals surface area contributed by atoms with E-state index in [2.05, 4.69) is 27.5 Å². The predicted octanol–water partition coefficient (Wildman–Crippen LogP) is 5.10. The van der Waals surface area contributed by atoms with Gasteiger partial charge in [0.2, 0.25) is 0 Å². The highest BCUT2D eigenvalue weighted by atomic mass is 79.9. The van der Waals surface area contributed by atoms with Crippen LogP contribution in [0.5, 0.6) is 5.75 Å². The van der Waals surface area contributed by atoms with Crippen molar-refractivity contribution in [2.45, 2.75) is 18.9 Å². The van der Waals surface area contributed by atoms with Crippen molar-refractivity contribution in [2.75, 3.05) is 12.4 Å². The van der Waals surface area contributed by atoms with Crippen molar-refractivity contribution >= 4 is 27.5 Å². The number of aromatic nitrogens is 1. The first-order chi connectivity index (χ1) is 11.3. The Morgan fingerprint density at radius 1 is 1.42 bits per heavy atom. The summed E-state index contributed by atoms with van der Waals surface area (Å²) in [5, 5.41) is 11.6. The lowest BCUT2D eigenvalue weighted by atomic mass is 9.88. The topological polar surface area (TPSA) is 42.4 Å². The molecule has 128 valence electrons. The van der Waals surface area contributed by atoms with Crippen molar-refractivity contribution in [2.24, 2.45) is 0 Å². The van der Waals surface area contributed by atoms with Gasteiger partial charge in [0, 0.05) is 10.9 Å². The smallest absolute Gasteiger partial charge is 0.145 e. The number of nitrogens with zero attached hydrogens (tertiary/aromatic N) is 1. The molecule has 3 nitrogen and oxygen atoms in total. The number of benzene rings is 1. The van der Waals surface area contributed by atoms with Crippen LogP contribution in [0.4, 0.5) is 4.39 Å². The Labute approximate surface area is 154 Å². The number of hydrogen-bond donors (Lipinski definition) is 1. The van der Waals surface area contributed by atoms with E-state index in [1.165, 1.54) is 19.2 Å². The van der Waals surface area contributed by atoms with E-state index in [0.717, 1.165) is 0 Å². The Morgan fingerprint density at radius 2 is 2.12 bits per heavy atom. The van der Waals surface area contributed by atoms with Crippen LogP contribution in [0.2, 0.25) is 5.02 Å². The van der Waals surface area contributed by atoms with Crippen LogP contribution in [-0.4, -0.2) is 22.5 Å². The number of pyridine rings is 1. The van der Waals surface area contributed by atoms with E-state index in [1.807, 2.05) is 0 Å². The third-order valence-electron chi connectivity index (χ3n) is 3.86. The van der Waals surface area contributed by atoms with Gasteiger partial charge in [-0.15, -0.1) is 0 Å². The number of rotatable bonds is 6. The van der Waals surface area contributed by atoms with Gasteiger partial charge in [-0.1, -0.05) is 34.1 Å². The molecule has 1 heterocycles. The number of alkyl halides is 1. The number of hydrogen-bond acceptors (Lipinski definition) is 3. The van der Waals surface area contributed by atoms with Gasteiger partial charge in [0.1, 0.15) is 22.9 Å². The van der Waals surface area contributed by atoms with Gasteiger partial charge in [-0.3, -0.25) is 0 Å². The van der Waals surface area contributed by atoms with E-state index in [0.29, 0.717) is 40.0 Å².